The fourth-order valence-corrected chi connectivity index (χ4v) is 3.26. The van der Waals surface area contributed by atoms with Gasteiger partial charge >= 0.3 is 0 Å². The molecule has 0 saturated heterocycles. The highest BCUT2D eigenvalue weighted by Crippen LogP contribution is 2.27. The molecular formula is C21H35NO. The molecule has 0 N–H and O–H groups in total. The SMILES string of the molecule is CCCCC(CCCC)N(C(=O)CCC)c1cc(C)cc(C)c1. The molecule has 0 aliphatic rings. The predicted octanol–water partition coefficient (Wildman–Crippen LogP) is 6.19. The van der Waals surface area contributed by atoms with Crippen molar-refractivity contribution in [1.29, 1.82) is 0 Å². The van der Waals surface area contributed by atoms with E-state index in [2.05, 4.69) is 57.7 Å². The highest BCUT2D eigenvalue weighted by atomic mass is 16.2. The summed E-state index contributed by atoms with van der Waals surface area (Å²) < 4.78 is 0. The van der Waals surface area contributed by atoms with E-state index in [9.17, 15) is 4.79 Å². The lowest BCUT2D eigenvalue weighted by molar-refractivity contribution is -0.119. The number of amides is 1. The van der Waals surface area contributed by atoms with Gasteiger partial charge in [0.1, 0.15) is 0 Å². The average molecular weight is 318 g/mol. The Hall–Kier alpha value is -1.31. The van der Waals surface area contributed by atoms with Gasteiger partial charge in [0.15, 0.2) is 0 Å². The standard InChI is InChI=1S/C21H35NO/c1-6-9-12-19(13-10-7-2)22(21(23)11-8-3)20-15-17(4)14-18(5)16-20/h14-16,19H,6-13H2,1-5H3. The van der Waals surface area contributed by atoms with Gasteiger partial charge in [-0.25, -0.2) is 0 Å². The van der Waals surface area contributed by atoms with Crippen LogP contribution in [0.2, 0.25) is 0 Å². The van der Waals surface area contributed by atoms with Gasteiger partial charge in [-0.1, -0.05) is 52.5 Å². The number of hydrogen-bond acceptors (Lipinski definition) is 1. The van der Waals surface area contributed by atoms with Crippen molar-refractivity contribution in [3.05, 3.63) is 29.3 Å². The third-order valence-corrected chi connectivity index (χ3v) is 4.36. The van der Waals surface area contributed by atoms with Crippen molar-refractivity contribution >= 4 is 11.6 Å². The first-order valence-electron chi connectivity index (χ1n) is 9.43. The van der Waals surface area contributed by atoms with Crippen LogP contribution in [0, 0.1) is 13.8 Å². The van der Waals surface area contributed by atoms with Crippen LogP contribution in [-0.4, -0.2) is 11.9 Å². The Morgan fingerprint density at radius 1 is 0.913 bits per heavy atom. The van der Waals surface area contributed by atoms with Crippen molar-refractivity contribution in [3.8, 4) is 0 Å². The van der Waals surface area contributed by atoms with Gasteiger partial charge in [-0.2, -0.15) is 0 Å². The molecule has 1 aromatic rings. The Bertz CT molecular complexity index is 452. The van der Waals surface area contributed by atoms with Gasteiger partial charge < -0.3 is 4.90 Å². The molecule has 0 fully saturated rings. The molecule has 1 amide bonds. The number of carbonyl (C=O) groups is 1. The minimum Gasteiger partial charge on any atom is -0.309 e. The maximum atomic E-state index is 12.9. The summed E-state index contributed by atoms with van der Waals surface area (Å²) in [5.74, 6) is 0.287. The van der Waals surface area contributed by atoms with Crippen molar-refractivity contribution in [3.63, 3.8) is 0 Å². The van der Waals surface area contributed by atoms with Crippen LogP contribution in [0.4, 0.5) is 5.69 Å². The molecule has 0 unspecified atom stereocenters. The molecule has 0 aromatic heterocycles. The summed E-state index contributed by atoms with van der Waals surface area (Å²) in [6.45, 7) is 10.8. The number of rotatable bonds is 10. The fourth-order valence-electron chi connectivity index (χ4n) is 3.26. The van der Waals surface area contributed by atoms with E-state index in [-0.39, 0.29) is 5.91 Å². The number of anilines is 1. The third-order valence-electron chi connectivity index (χ3n) is 4.36. The Balaban J connectivity index is 3.15. The molecule has 0 heterocycles. The second kappa shape index (κ2) is 10.5. The Kier molecular flexibility index (Phi) is 8.98. The first-order valence-corrected chi connectivity index (χ1v) is 9.43. The van der Waals surface area contributed by atoms with Gasteiger partial charge in [0.05, 0.1) is 0 Å². The predicted molar refractivity (Wildman–Crippen MR) is 101 cm³/mol. The topological polar surface area (TPSA) is 20.3 Å². The Morgan fingerprint density at radius 2 is 1.43 bits per heavy atom. The number of hydrogen-bond donors (Lipinski definition) is 0. The molecule has 0 radical (unpaired) electrons. The second-order valence-electron chi connectivity index (χ2n) is 6.80. The lowest BCUT2D eigenvalue weighted by atomic mass is 9.99. The van der Waals surface area contributed by atoms with E-state index < -0.39 is 0 Å². The molecular weight excluding hydrogens is 282 g/mol. The van der Waals surface area contributed by atoms with E-state index in [4.69, 9.17) is 0 Å². The lowest BCUT2D eigenvalue weighted by Gasteiger charge is -2.33. The van der Waals surface area contributed by atoms with Crippen LogP contribution in [0.15, 0.2) is 18.2 Å². The summed E-state index contributed by atoms with van der Waals surface area (Å²) in [4.78, 5) is 15.0. The van der Waals surface area contributed by atoms with Crippen LogP contribution in [0.25, 0.3) is 0 Å². The summed E-state index contributed by atoms with van der Waals surface area (Å²) in [5, 5.41) is 0. The van der Waals surface area contributed by atoms with Crippen LogP contribution in [0.5, 0.6) is 0 Å². The van der Waals surface area contributed by atoms with E-state index in [1.807, 2.05) is 0 Å². The second-order valence-corrected chi connectivity index (χ2v) is 6.80. The van der Waals surface area contributed by atoms with Gasteiger partial charge in [-0.3, -0.25) is 4.79 Å². The Labute approximate surface area is 143 Å². The summed E-state index contributed by atoms with van der Waals surface area (Å²) in [6, 6.07) is 6.87. The molecule has 0 bridgehead atoms. The van der Waals surface area contributed by atoms with Gasteiger partial charge in [0.2, 0.25) is 5.91 Å². The summed E-state index contributed by atoms with van der Waals surface area (Å²) in [7, 11) is 0. The summed E-state index contributed by atoms with van der Waals surface area (Å²) >= 11 is 0. The van der Waals surface area contributed by atoms with E-state index in [1.165, 1.54) is 36.8 Å². The number of benzene rings is 1. The van der Waals surface area contributed by atoms with Crippen molar-refractivity contribution in [2.75, 3.05) is 4.90 Å². The van der Waals surface area contributed by atoms with Gasteiger partial charge in [0, 0.05) is 18.2 Å². The quantitative estimate of drug-likeness (QED) is 0.504. The van der Waals surface area contributed by atoms with Crippen LogP contribution < -0.4 is 4.90 Å². The van der Waals surface area contributed by atoms with Crippen LogP contribution in [0.1, 0.15) is 83.3 Å². The van der Waals surface area contributed by atoms with Crippen LogP contribution in [-0.2, 0) is 4.79 Å². The molecule has 0 spiro atoms. The number of unbranched alkanes of at least 4 members (excludes halogenated alkanes) is 2. The number of aryl methyl sites for hydroxylation is 2. The van der Waals surface area contributed by atoms with Crippen molar-refractivity contribution in [2.45, 2.75) is 92.0 Å². The average Bonchev–Trinajstić information content (AvgIpc) is 2.49. The van der Waals surface area contributed by atoms with Crippen molar-refractivity contribution in [2.24, 2.45) is 0 Å². The fraction of sp³-hybridized carbons (Fsp3) is 0.667. The summed E-state index contributed by atoms with van der Waals surface area (Å²) in [6.07, 6.45) is 8.52. The lowest BCUT2D eigenvalue weighted by Crippen LogP contribution is -2.40. The first kappa shape index (κ1) is 19.7. The zero-order valence-corrected chi connectivity index (χ0v) is 15.8. The molecule has 0 aliphatic carbocycles. The molecule has 2 heteroatoms. The molecule has 0 saturated carbocycles. The van der Waals surface area contributed by atoms with Gasteiger partial charge in [-0.15, -0.1) is 0 Å². The zero-order chi connectivity index (χ0) is 17.2. The number of nitrogens with zero attached hydrogens (tertiary/aromatic N) is 1. The minimum absolute atomic E-state index is 0.287. The summed E-state index contributed by atoms with van der Waals surface area (Å²) in [5.41, 5.74) is 3.57. The monoisotopic (exact) mass is 317 g/mol. The third kappa shape index (κ3) is 6.37. The van der Waals surface area contributed by atoms with E-state index in [0.717, 1.165) is 24.9 Å². The molecule has 1 aromatic carbocycles. The molecule has 0 atom stereocenters. The molecule has 23 heavy (non-hydrogen) atoms. The molecule has 1 rings (SSSR count). The Morgan fingerprint density at radius 3 is 1.87 bits per heavy atom. The van der Waals surface area contributed by atoms with E-state index in [1.54, 1.807) is 0 Å². The van der Waals surface area contributed by atoms with Crippen molar-refractivity contribution in [1.82, 2.24) is 0 Å². The van der Waals surface area contributed by atoms with Gasteiger partial charge in [0.25, 0.3) is 0 Å². The first-order chi connectivity index (χ1) is 11.0. The van der Waals surface area contributed by atoms with Crippen molar-refractivity contribution < 1.29 is 4.79 Å². The molecule has 130 valence electrons. The van der Waals surface area contributed by atoms with E-state index in [0.29, 0.717) is 12.5 Å². The molecule has 0 aliphatic heterocycles. The van der Waals surface area contributed by atoms with Gasteiger partial charge in [-0.05, 0) is 56.4 Å². The molecule has 2 nitrogen and oxygen atoms in total. The minimum atomic E-state index is 0.287. The zero-order valence-electron chi connectivity index (χ0n) is 15.8. The van der Waals surface area contributed by atoms with E-state index >= 15 is 0 Å². The number of carbonyl (C=O) groups excluding carboxylic acids is 1. The normalized spacial score (nSPS) is 11.0. The largest absolute Gasteiger partial charge is 0.309 e. The van der Waals surface area contributed by atoms with Crippen LogP contribution >= 0.6 is 0 Å². The maximum absolute atomic E-state index is 12.9. The maximum Gasteiger partial charge on any atom is 0.227 e. The smallest absolute Gasteiger partial charge is 0.227 e. The van der Waals surface area contributed by atoms with Crippen LogP contribution in [0.3, 0.4) is 0 Å². The highest BCUT2D eigenvalue weighted by Gasteiger charge is 2.24. The highest BCUT2D eigenvalue weighted by molar-refractivity contribution is 5.94.